The topological polar surface area (TPSA) is 57.7 Å². The molecule has 0 N–H and O–H groups in total. The Hall–Kier alpha value is -1.83. The highest BCUT2D eigenvalue weighted by Gasteiger charge is 2.32. The van der Waals surface area contributed by atoms with Crippen LogP contribution in [-0.4, -0.2) is 44.0 Å². The summed E-state index contributed by atoms with van der Waals surface area (Å²) >= 11 is 1.77. The Kier molecular flexibility index (Phi) is 6.23. The van der Waals surface area contributed by atoms with Gasteiger partial charge in [-0.15, -0.1) is 11.8 Å². The molecule has 5 nitrogen and oxygen atoms in total. The van der Waals surface area contributed by atoms with E-state index in [0.29, 0.717) is 37.0 Å². The summed E-state index contributed by atoms with van der Waals surface area (Å²) in [4.78, 5) is 16.4. The van der Waals surface area contributed by atoms with Crippen molar-refractivity contribution in [2.45, 2.75) is 36.5 Å². The average molecular weight is 445 g/mol. The van der Waals surface area contributed by atoms with E-state index < -0.39 is 10.0 Å². The zero-order chi connectivity index (χ0) is 21.3. The smallest absolute Gasteiger partial charge is 0.258 e. The minimum absolute atomic E-state index is 0.0888. The van der Waals surface area contributed by atoms with E-state index in [1.54, 1.807) is 40.3 Å². The number of benzene rings is 2. The van der Waals surface area contributed by atoms with Crippen LogP contribution in [-0.2, 0) is 10.0 Å². The molecule has 0 aliphatic carbocycles. The fourth-order valence-electron chi connectivity index (χ4n) is 4.41. The molecule has 2 aliphatic rings. The number of thioether (sulfide) groups is 1. The summed E-state index contributed by atoms with van der Waals surface area (Å²) in [6.07, 6.45) is 1.97. The number of nitrogens with zero attached hydrogens (tertiary/aromatic N) is 2. The second-order valence-electron chi connectivity index (χ2n) is 8.42. The first-order chi connectivity index (χ1) is 14.4. The molecule has 4 rings (SSSR count). The molecule has 0 unspecified atom stereocenters. The lowest BCUT2D eigenvalue weighted by atomic mass is 9.94. The second-order valence-corrected chi connectivity index (χ2v) is 11.5. The third kappa shape index (κ3) is 4.29. The van der Waals surface area contributed by atoms with Crippen molar-refractivity contribution in [3.63, 3.8) is 0 Å². The number of rotatable bonds is 3. The molecule has 30 heavy (non-hydrogen) atoms. The van der Waals surface area contributed by atoms with Crippen LogP contribution in [0.5, 0.6) is 0 Å². The van der Waals surface area contributed by atoms with Crippen molar-refractivity contribution in [1.82, 2.24) is 4.31 Å². The van der Waals surface area contributed by atoms with Crippen LogP contribution in [0.4, 0.5) is 5.69 Å². The minimum atomic E-state index is -3.54. The average Bonchev–Trinajstić information content (AvgIpc) is 2.95. The van der Waals surface area contributed by atoms with Gasteiger partial charge in [0.15, 0.2) is 0 Å². The van der Waals surface area contributed by atoms with E-state index in [0.717, 1.165) is 29.2 Å². The van der Waals surface area contributed by atoms with Crippen LogP contribution in [0, 0.1) is 11.8 Å². The first kappa shape index (κ1) is 21.4. The van der Waals surface area contributed by atoms with Gasteiger partial charge in [0.25, 0.3) is 5.91 Å². The van der Waals surface area contributed by atoms with Crippen molar-refractivity contribution in [2.24, 2.45) is 11.8 Å². The molecule has 0 saturated carbocycles. The first-order valence-corrected chi connectivity index (χ1v) is 12.9. The molecule has 0 radical (unpaired) electrons. The van der Waals surface area contributed by atoms with E-state index in [1.807, 2.05) is 29.2 Å². The molecule has 1 fully saturated rings. The van der Waals surface area contributed by atoms with Crippen molar-refractivity contribution >= 4 is 33.4 Å². The normalized spacial score (nSPS) is 22.9. The molecule has 1 saturated heterocycles. The van der Waals surface area contributed by atoms with Gasteiger partial charge < -0.3 is 4.90 Å². The molecule has 0 spiro atoms. The summed E-state index contributed by atoms with van der Waals surface area (Å²) in [6.45, 7) is 5.95. The number of carbonyl (C=O) groups is 1. The quantitative estimate of drug-likeness (QED) is 0.700. The van der Waals surface area contributed by atoms with Gasteiger partial charge in [0, 0.05) is 30.1 Å². The fourth-order valence-corrected chi connectivity index (χ4v) is 7.09. The summed E-state index contributed by atoms with van der Waals surface area (Å²) in [5.41, 5.74) is 1.44. The van der Waals surface area contributed by atoms with Gasteiger partial charge in [0.2, 0.25) is 10.0 Å². The number of hydrogen-bond donors (Lipinski definition) is 0. The van der Waals surface area contributed by atoms with Crippen LogP contribution in [0.2, 0.25) is 0 Å². The maximum atomic E-state index is 13.2. The Morgan fingerprint density at radius 1 is 1.00 bits per heavy atom. The van der Waals surface area contributed by atoms with Gasteiger partial charge >= 0.3 is 0 Å². The molecule has 2 aliphatic heterocycles. The van der Waals surface area contributed by atoms with Crippen molar-refractivity contribution in [3.05, 3.63) is 54.1 Å². The van der Waals surface area contributed by atoms with Crippen LogP contribution in [0.3, 0.4) is 0 Å². The van der Waals surface area contributed by atoms with Gasteiger partial charge in [-0.2, -0.15) is 4.31 Å². The molecule has 0 aromatic heterocycles. The summed E-state index contributed by atoms with van der Waals surface area (Å²) in [6, 6.07) is 14.4. The predicted octanol–water partition coefficient (Wildman–Crippen LogP) is 4.50. The van der Waals surface area contributed by atoms with Crippen LogP contribution >= 0.6 is 11.8 Å². The monoisotopic (exact) mass is 444 g/mol. The molecule has 2 aromatic rings. The largest absolute Gasteiger partial charge is 0.307 e. The SMILES string of the molecule is C[C@H]1C[C@H](C)CN(S(=O)(=O)c2ccc(C(=O)N3CCCSc4ccccc43)cc2)C1. The third-order valence-corrected chi connectivity index (χ3v) is 8.75. The lowest BCUT2D eigenvalue weighted by molar-refractivity contribution is 0.0986. The second kappa shape index (κ2) is 8.73. The molecular formula is C23H28N2O3S2. The number of sulfonamides is 1. The zero-order valence-corrected chi connectivity index (χ0v) is 19.1. The number of carbonyl (C=O) groups excluding carboxylic acids is 1. The summed E-state index contributed by atoms with van der Waals surface area (Å²) in [5, 5.41) is 0. The lowest BCUT2D eigenvalue weighted by Gasteiger charge is -2.34. The van der Waals surface area contributed by atoms with Crippen molar-refractivity contribution < 1.29 is 13.2 Å². The Morgan fingerprint density at radius 2 is 1.67 bits per heavy atom. The van der Waals surface area contributed by atoms with Gasteiger partial charge in [-0.05, 0) is 66.8 Å². The summed E-state index contributed by atoms with van der Waals surface area (Å²) < 4.78 is 27.8. The summed E-state index contributed by atoms with van der Waals surface area (Å²) in [5.74, 6) is 1.59. The fraction of sp³-hybridized carbons (Fsp3) is 0.435. The number of para-hydroxylation sites is 1. The van der Waals surface area contributed by atoms with Crippen LogP contribution in [0.15, 0.2) is 58.3 Å². The summed E-state index contributed by atoms with van der Waals surface area (Å²) in [7, 11) is -3.54. The Morgan fingerprint density at radius 3 is 2.37 bits per heavy atom. The maximum absolute atomic E-state index is 13.2. The van der Waals surface area contributed by atoms with Crippen LogP contribution < -0.4 is 4.90 Å². The van der Waals surface area contributed by atoms with E-state index in [1.165, 1.54) is 0 Å². The van der Waals surface area contributed by atoms with E-state index in [-0.39, 0.29) is 10.8 Å². The molecule has 7 heteroatoms. The molecule has 0 bridgehead atoms. The molecular weight excluding hydrogens is 416 g/mol. The molecule has 2 aromatic carbocycles. The van der Waals surface area contributed by atoms with Gasteiger partial charge in [-0.3, -0.25) is 4.79 Å². The van der Waals surface area contributed by atoms with Gasteiger partial charge in [-0.1, -0.05) is 26.0 Å². The molecule has 2 atom stereocenters. The van der Waals surface area contributed by atoms with E-state index in [2.05, 4.69) is 13.8 Å². The highest BCUT2D eigenvalue weighted by molar-refractivity contribution is 7.99. The number of fused-ring (bicyclic) bond motifs is 1. The van der Waals surface area contributed by atoms with Crippen LogP contribution in [0.1, 0.15) is 37.0 Å². The van der Waals surface area contributed by atoms with Gasteiger partial charge in [-0.25, -0.2) is 8.42 Å². The number of hydrogen-bond acceptors (Lipinski definition) is 4. The maximum Gasteiger partial charge on any atom is 0.258 e. The van der Waals surface area contributed by atoms with Crippen LogP contribution in [0.25, 0.3) is 0 Å². The number of piperidine rings is 1. The van der Waals surface area contributed by atoms with Crippen molar-refractivity contribution in [1.29, 1.82) is 0 Å². The Bertz CT molecular complexity index is 1010. The highest BCUT2D eigenvalue weighted by atomic mass is 32.2. The Balaban J connectivity index is 1.57. The number of amides is 1. The number of anilines is 1. The first-order valence-electron chi connectivity index (χ1n) is 10.5. The predicted molar refractivity (Wildman–Crippen MR) is 122 cm³/mol. The molecule has 160 valence electrons. The van der Waals surface area contributed by atoms with Crippen molar-refractivity contribution in [3.8, 4) is 0 Å². The lowest BCUT2D eigenvalue weighted by Crippen LogP contribution is -2.42. The van der Waals surface area contributed by atoms with Gasteiger partial charge in [0.05, 0.1) is 10.6 Å². The zero-order valence-electron chi connectivity index (χ0n) is 17.5. The van der Waals surface area contributed by atoms with Gasteiger partial charge in [0.1, 0.15) is 0 Å². The van der Waals surface area contributed by atoms with Crippen molar-refractivity contribution in [2.75, 3.05) is 30.3 Å². The standard InChI is InChI=1S/C23H28N2O3S2/c1-17-14-18(2)16-24(15-17)30(27,28)20-10-8-19(9-11-20)23(26)25-12-5-13-29-22-7-4-3-6-21(22)25/h3-4,6-11,17-18H,5,12-16H2,1-2H3/t17-,18-/m0/s1. The van der Waals surface area contributed by atoms with E-state index in [9.17, 15) is 13.2 Å². The molecule has 1 amide bonds. The highest BCUT2D eigenvalue weighted by Crippen LogP contribution is 2.34. The minimum Gasteiger partial charge on any atom is -0.307 e. The van der Waals surface area contributed by atoms with E-state index in [4.69, 9.17) is 0 Å². The van der Waals surface area contributed by atoms with E-state index >= 15 is 0 Å². The molecule has 2 heterocycles. The Labute approximate surface area is 183 Å². The third-order valence-electron chi connectivity index (χ3n) is 5.76.